The molecule has 6 heteroatoms. The zero-order chi connectivity index (χ0) is 44.2. The number of carbonyl (C=O) groups excluding carboxylic acids is 3. The largest absolute Gasteiger partial charge is 0.462 e. The summed E-state index contributed by atoms with van der Waals surface area (Å²) in [5, 5.41) is 0. The molecule has 0 aromatic rings. The minimum atomic E-state index is -0.763. The predicted octanol–water partition coefficient (Wildman–Crippen LogP) is 17.2. The Hall–Kier alpha value is -1.59. The van der Waals surface area contributed by atoms with Gasteiger partial charge in [0.2, 0.25) is 0 Å². The number of hydrogen-bond acceptors (Lipinski definition) is 6. The molecule has 60 heavy (non-hydrogen) atoms. The van der Waals surface area contributed by atoms with Gasteiger partial charge in [-0.3, -0.25) is 14.4 Å². The van der Waals surface area contributed by atoms with Gasteiger partial charge >= 0.3 is 17.9 Å². The van der Waals surface area contributed by atoms with Gasteiger partial charge in [0.15, 0.2) is 6.10 Å². The maximum atomic E-state index is 12.8. The molecule has 0 N–H and O–H groups in total. The molecule has 0 radical (unpaired) electrons. The normalized spacial score (nSPS) is 12.6. The number of ether oxygens (including phenoxy) is 3. The van der Waals surface area contributed by atoms with Crippen molar-refractivity contribution in [2.75, 3.05) is 13.2 Å². The molecule has 0 spiro atoms. The van der Waals surface area contributed by atoms with Gasteiger partial charge in [-0.25, -0.2) is 0 Å². The van der Waals surface area contributed by atoms with Gasteiger partial charge < -0.3 is 14.2 Å². The van der Waals surface area contributed by atoms with E-state index in [1.807, 2.05) is 0 Å². The number of rotatable bonds is 47. The van der Waals surface area contributed by atoms with Crippen LogP contribution in [0.3, 0.4) is 0 Å². The molecule has 0 bridgehead atoms. The van der Waals surface area contributed by atoms with Gasteiger partial charge in [-0.1, -0.05) is 253 Å². The second kappa shape index (κ2) is 45.4. The van der Waals surface area contributed by atoms with Crippen LogP contribution < -0.4 is 0 Å². The maximum Gasteiger partial charge on any atom is 0.306 e. The van der Waals surface area contributed by atoms with Crippen molar-refractivity contribution in [2.24, 2.45) is 17.8 Å². The van der Waals surface area contributed by atoms with E-state index >= 15 is 0 Å². The van der Waals surface area contributed by atoms with E-state index in [1.54, 1.807) is 0 Å². The van der Waals surface area contributed by atoms with Gasteiger partial charge in [-0.05, 0) is 37.0 Å². The molecule has 0 rings (SSSR count). The van der Waals surface area contributed by atoms with Crippen molar-refractivity contribution in [3.05, 3.63) is 0 Å². The lowest BCUT2D eigenvalue weighted by atomic mass is 9.99. The third-order valence-corrected chi connectivity index (χ3v) is 12.5. The molecule has 2 atom stereocenters. The van der Waals surface area contributed by atoms with E-state index in [4.69, 9.17) is 14.2 Å². The Balaban J connectivity index is 4.33. The van der Waals surface area contributed by atoms with Gasteiger partial charge in [0.1, 0.15) is 13.2 Å². The van der Waals surface area contributed by atoms with Crippen molar-refractivity contribution in [3.63, 3.8) is 0 Å². The fourth-order valence-electron chi connectivity index (χ4n) is 8.08. The monoisotopic (exact) mass is 849 g/mol. The Morgan fingerprint density at radius 3 is 0.867 bits per heavy atom. The maximum absolute atomic E-state index is 12.8. The van der Waals surface area contributed by atoms with Crippen LogP contribution in [0.2, 0.25) is 0 Å². The highest BCUT2D eigenvalue weighted by Crippen LogP contribution is 2.18. The van der Waals surface area contributed by atoms with E-state index in [-0.39, 0.29) is 31.1 Å². The van der Waals surface area contributed by atoms with Gasteiger partial charge in [-0.15, -0.1) is 0 Å². The molecule has 1 unspecified atom stereocenters. The summed E-state index contributed by atoms with van der Waals surface area (Å²) in [7, 11) is 0. The van der Waals surface area contributed by atoms with Gasteiger partial charge in [0.05, 0.1) is 0 Å². The minimum Gasteiger partial charge on any atom is -0.462 e. The van der Waals surface area contributed by atoms with Crippen molar-refractivity contribution in [3.8, 4) is 0 Å². The Labute approximate surface area is 374 Å². The second-order valence-corrected chi connectivity index (χ2v) is 19.7. The summed E-state index contributed by atoms with van der Waals surface area (Å²) in [6.45, 7) is 13.7. The van der Waals surface area contributed by atoms with E-state index in [1.165, 1.54) is 173 Å². The van der Waals surface area contributed by atoms with Crippen LogP contribution in [0, 0.1) is 17.8 Å². The highest BCUT2D eigenvalue weighted by atomic mass is 16.6. The van der Waals surface area contributed by atoms with E-state index in [9.17, 15) is 14.4 Å². The average molecular weight is 849 g/mol. The molecule has 0 saturated heterocycles. The van der Waals surface area contributed by atoms with E-state index in [0.29, 0.717) is 19.3 Å². The van der Waals surface area contributed by atoms with E-state index < -0.39 is 6.10 Å². The van der Waals surface area contributed by atoms with Crippen LogP contribution in [0.1, 0.15) is 292 Å². The van der Waals surface area contributed by atoms with Crippen LogP contribution in [0.5, 0.6) is 0 Å². The summed E-state index contributed by atoms with van der Waals surface area (Å²) < 4.78 is 16.8. The lowest BCUT2D eigenvalue weighted by Crippen LogP contribution is -2.30. The molecule has 0 aliphatic rings. The molecule has 0 heterocycles. The van der Waals surface area contributed by atoms with E-state index in [2.05, 4.69) is 41.5 Å². The standard InChI is InChI=1S/C54H104O6/c1-7-50(6)42-36-30-24-18-14-15-20-26-32-38-44-53(56)59-47-51(60-54(57)45-39-33-27-21-13-9-11-17-23-29-35-41-49(4)5)46-58-52(55)43-37-31-25-19-12-8-10-16-22-28-34-40-48(2)3/h48-51H,7-47H2,1-6H3/t50?,51-/m1/s1. The smallest absolute Gasteiger partial charge is 0.306 e. The van der Waals surface area contributed by atoms with Crippen LogP contribution in [-0.2, 0) is 28.6 Å². The summed E-state index contributed by atoms with van der Waals surface area (Å²) in [6.07, 6.45) is 45.1. The number of carbonyl (C=O) groups is 3. The molecule has 0 aliphatic carbocycles. The Bertz CT molecular complexity index is 931. The highest BCUT2D eigenvalue weighted by Gasteiger charge is 2.19. The van der Waals surface area contributed by atoms with E-state index in [0.717, 1.165) is 75.5 Å². The Kier molecular flexibility index (Phi) is 44.2. The zero-order valence-electron chi connectivity index (χ0n) is 41.3. The molecule has 0 aromatic carbocycles. The Morgan fingerprint density at radius 1 is 0.333 bits per heavy atom. The molecule has 6 nitrogen and oxygen atoms in total. The molecular weight excluding hydrogens is 745 g/mol. The summed E-state index contributed by atoms with van der Waals surface area (Å²) >= 11 is 0. The van der Waals surface area contributed by atoms with Crippen LogP contribution in [0.25, 0.3) is 0 Å². The van der Waals surface area contributed by atoms with Crippen molar-refractivity contribution in [1.29, 1.82) is 0 Å². The quantitative estimate of drug-likeness (QED) is 0.0345. The van der Waals surface area contributed by atoms with Crippen molar-refractivity contribution < 1.29 is 28.6 Å². The second-order valence-electron chi connectivity index (χ2n) is 19.7. The number of unbranched alkanes of at least 4 members (excludes halogenated alkanes) is 29. The third kappa shape index (κ3) is 45.9. The molecule has 0 aliphatic heterocycles. The predicted molar refractivity (Wildman–Crippen MR) is 256 cm³/mol. The summed E-state index contributed by atoms with van der Waals surface area (Å²) in [5.74, 6) is 1.67. The first-order valence-electron chi connectivity index (χ1n) is 26.6. The van der Waals surface area contributed by atoms with Crippen molar-refractivity contribution in [2.45, 2.75) is 298 Å². The molecule has 0 fully saturated rings. The average Bonchev–Trinajstić information content (AvgIpc) is 3.22. The van der Waals surface area contributed by atoms with Crippen molar-refractivity contribution in [1.82, 2.24) is 0 Å². The SMILES string of the molecule is CCC(C)CCCCCCCCCCCCC(=O)OC[C@@H](COC(=O)CCCCCCCCCCCCCC(C)C)OC(=O)CCCCCCCCCCCCCC(C)C. The first-order chi connectivity index (χ1) is 29.1. The van der Waals surface area contributed by atoms with Gasteiger partial charge in [0.25, 0.3) is 0 Å². The van der Waals surface area contributed by atoms with Crippen LogP contribution >= 0.6 is 0 Å². The van der Waals surface area contributed by atoms with Crippen LogP contribution in [0.4, 0.5) is 0 Å². The Morgan fingerprint density at radius 2 is 0.583 bits per heavy atom. The fourth-order valence-corrected chi connectivity index (χ4v) is 8.08. The number of esters is 3. The summed E-state index contributed by atoms with van der Waals surface area (Å²) in [4.78, 5) is 38.0. The topological polar surface area (TPSA) is 78.9 Å². The molecule has 0 saturated carbocycles. The lowest BCUT2D eigenvalue weighted by Gasteiger charge is -2.18. The minimum absolute atomic E-state index is 0.0646. The summed E-state index contributed by atoms with van der Waals surface area (Å²) in [5.41, 5.74) is 0. The molecule has 356 valence electrons. The fraction of sp³-hybridized carbons (Fsp3) is 0.944. The van der Waals surface area contributed by atoms with Crippen LogP contribution in [0.15, 0.2) is 0 Å². The summed E-state index contributed by atoms with van der Waals surface area (Å²) in [6, 6.07) is 0. The zero-order valence-corrected chi connectivity index (χ0v) is 41.3. The van der Waals surface area contributed by atoms with Gasteiger partial charge in [0, 0.05) is 19.3 Å². The first kappa shape index (κ1) is 58.4. The number of hydrogen-bond donors (Lipinski definition) is 0. The molecular formula is C54H104O6. The third-order valence-electron chi connectivity index (χ3n) is 12.5. The van der Waals surface area contributed by atoms with Gasteiger partial charge in [-0.2, -0.15) is 0 Å². The highest BCUT2D eigenvalue weighted by molar-refractivity contribution is 5.71. The molecule has 0 aromatic heterocycles. The van der Waals surface area contributed by atoms with Crippen molar-refractivity contribution >= 4 is 17.9 Å². The molecule has 0 amide bonds. The first-order valence-corrected chi connectivity index (χ1v) is 26.6. The van der Waals surface area contributed by atoms with Crippen LogP contribution in [-0.4, -0.2) is 37.2 Å². The lowest BCUT2D eigenvalue weighted by molar-refractivity contribution is -0.167.